The fourth-order valence-electron chi connectivity index (χ4n) is 4.55. The van der Waals surface area contributed by atoms with E-state index in [4.69, 9.17) is 4.74 Å². The van der Waals surface area contributed by atoms with Gasteiger partial charge in [-0.05, 0) is 74.0 Å². The summed E-state index contributed by atoms with van der Waals surface area (Å²) < 4.78 is 24.1. The summed E-state index contributed by atoms with van der Waals surface area (Å²) in [5.41, 5.74) is 6.18. The molecule has 3 heterocycles. The SMILES string of the molecule is Cc1cc(C=c2sc3nc4ccccc4n3c2=O)c(C)n1-c1ccc(OCc2ccccc2F)cc1. The van der Waals surface area contributed by atoms with Crippen molar-refractivity contribution < 1.29 is 9.13 Å². The van der Waals surface area contributed by atoms with Crippen LogP contribution in [0.5, 0.6) is 5.75 Å². The zero-order valence-electron chi connectivity index (χ0n) is 19.7. The minimum atomic E-state index is -0.273. The molecule has 6 rings (SSSR count). The predicted octanol–water partition coefficient (Wildman–Crippen LogP) is 5.58. The van der Waals surface area contributed by atoms with Crippen LogP contribution in [0.15, 0.2) is 83.7 Å². The van der Waals surface area contributed by atoms with Crippen molar-refractivity contribution in [3.63, 3.8) is 0 Å². The summed E-state index contributed by atoms with van der Waals surface area (Å²) in [6.45, 7) is 4.25. The summed E-state index contributed by atoms with van der Waals surface area (Å²) in [4.78, 5) is 18.5. The summed E-state index contributed by atoms with van der Waals surface area (Å²) >= 11 is 1.40. The van der Waals surface area contributed by atoms with Crippen molar-refractivity contribution >= 4 is 33.4 Å². The van der Waals surface area contributed by atoms with Crippen molar-refractivity contribution in [1.82, 2.24) is 14.0 Å². The molecule has 0 N–H and O–H groups in total. The van der Waals surface area contributed by atoms with Crippen LogP contribution < -0.4 is 14.8 Å². The van der Waals surface area contributed by atoms with Gasteiger partial charge in [-0.15, -0.1) is 0 Å². The van der Waals surface area contributed by atoms with Gasteiger partial charge in [-0.3, -0.25) is 4.79 Å². The van der Waals surface area contributed by atoms with Crippen LogP contribution in [0.2, 0.25) is 0 Å². The predicted molar refractivity (Wildman–Crippen MR) is 142 cm³/mol. The molecule has 0 aliphatic rings. The van der Waals surface area contributed by atoms with Gasteiger partial charge in [-0.1, -0.05) is 41.7 Å². The molecule has 0 fully saturated rings. The van der Waals surface area contributed by atoms with Crippen molar-refractivity contribution in [3.8, 4) is 11.4 Å². The number of benzene rings is 3. The number of para-hydroxylation sites is 2. The Labute approximate surface area is 210 Å². The average molecular weight is 496 g/mol. The third-order valence-electron chi connectivity index (χ3n) is 6.35. The lowest BCUT2D eigenvalue weighted by Gasteiger charge is -2.12. The highest BCUT2D eigenvalue weighted by atomic mass is 32.1. The van der Waals surface area contributed by atoms with E-state index in [0.717, 1.165) is 33.7 Å². The van der Waals surface area contributed by atoms with Gasteiger partial charge in [0.1, 0.15) is 18.2 Å². The first-order valence-corrected chi connectivity index (χ1v) is 12.4. The number of halogens is 1. The molecule has 0 radical (unpaired) electrons. The summed E-state index contributed by atoms with van der Waals surface area (Å²) in [6.07, 6.45) is 1.95. The first kappa shape index (κ1) is 22.2. The Morgan fingerprint density at radius 1 is 1.00 bits per heavy atom. The number of aromatic nitrogens is 3. The zero-order chi connectivity index (χ0) is 24.8. The lowest BCUT2D eigenvalue weighted by atomic mass is 10.2. The largest absolute Gasteiger partial charge is 0.489 e. The second-order valence-electron chi connectivity index (χ2n) is 8.67. The Bertz CT molecular complexity index is 1850. The Morgan fingerprint density at radius 3 is 2.56 bits per heavy atom. The van der Waals surface area contributed by atoms with Gasteiger partial charge in [-0.25, -0.2) is 13.8 Å². The molecular formula is C29H22FN3O2S. The van der Waals surface area contributed by atoms with Crippen LogP contribution in [-0.4, -0.2) is 14.0 Å². The Hall–Kier alpha value is -4.23. The number of thiazole rings is 1. The van der Waals surface area contributed by atoms with Gasteiger partial charge in [0.15, 0.2) is 4.96 Å². The number of ether oxygens (including phenoxy) is 1. The number of hydrogen-bond acceptors (Lipinski definition) is 4. The van der Waals surface area contributed by atoms with Crippen molar-refractivity contribution in [2.24, 2.45) is 0 Å². The molecule has 0 aliphatic heterocycles. The molecule has 3 aromatic heterocycles. The highest BCUT2D eigenvalue weighted by molar-refractivity contribution is 7.15. The monoisotopic (exact) mass is 495 g/mol. The maximum absolute atomic E-state index is 13.9. The molecule has 0 saturated carbocycles. The van der Waals surface area contributed by atoms with E-state index in [-0.39, 0.29) is 18.0 Å². The lowest BCUT2D eigenvalue weighted by Crippen LogP contribution is -2.22. The first-order chi connectivity index (χ1) is 17.5. The molecule has 0 unspecified atom stereocenters. The summed E-state index contributed by atoms with van der Waals surface area (Å²) in [6, 6.07) is 24.1. The van der Waals surface area contributed by atoms with Crippen LogP contribution in [0.25, 0.3) is 27.8 Å². The topological polar surface area (TPSA) is 48.5 Å². The molecule has 0 aliphatic carbocycles. The summed E-state index contributed by atoms with van der Waals surface area (Å²) in [5.74, 6) is 0.395. The van der Waals surface area contributed by atoms with E-state index >= 15 is 0 Å². The van der Waals surface area contributed by atoms with Crippen LogP contribution >= 0.6 is 11.3 Å². The van der Waals surface area contributed by atoms with E-state index in [1.54, 1.807) is 22.6 Å². The van der Waals surface area contributed by atoms with Gasteiger partial charge in [0.05, 0.1) is 15.6 Å². The van der Waals surface area contributed by atoms with E-state index in [0.29, 0.717) is 20.8 Å². The molecule has 5 nitrogen and oxygen atoms in total. The first-order valence-electron chi connectivity index (χ1n) is 11.6. The quantitative estimate of drug-likeness (QED) is 0.314. The van der Waals surface area contributed by atoms with Gasteiger partial charge in [0.2, 0.25) is 0 Å². The van der Waals surface area contributed by atoms with Gasteiger partial charge >= 0.3 is 0 Å². The standard InChI is InChI=1S/C29H22FN3O2S/c1-18-15-21(16-27-28(34)33-26-10-6-5-9-25(26)31-29(33)36-27)19(2)32(18)22-11-13-23(14-12-22)35-17-20-7-3-4-8-24(20)30/h3-16H,17H2,1-2H3. The van der Waals surface area contributed by atoms with E-state index < -0.39 is 0 Å². The molecule has 0 spiro atoms. The molecule has 0 amide bonds. The smallest absolute Gasteiger partial charge is 0.274 e. The van der Waals surface area contributed by atoms with Crippen LogP contribution in [0.3, 0.4) is 0 Å². The zero-order valence-corrected chi connectivity index (χ0v) is 20.6. The Balaban J connectivity index is 1.31. The number of imidazole rings is 1. The van der Waals surface area contributed by atoms with E-state index in [1.165, 1.54) is 17.4 Å². The van der Waals surface area contributed by atoms with Crippen molar-refractivity contribution in [1.29, 1.82) is 0 Å². The Kier molecular flexibility index (Phi) is 5.42. The van der Waals surface area contributed by atoms with Gasteiger partial charge in [0, 0.05) is 22.6 Å². The van der Waals surface area contributed by atoms with E-state index in [9.17, 15) is 9.18 Å². The second kappa shape index (κ2) is 8.77. The molecule has 3 aromatic carbocycles. The summed E-state index contributed by atoms with van der Waals surface area (Å²) in [7, 11) is 0. The highest BCUT2D eigenvalue weighted by Crippen LogP contribution is 2.24. The average Bonchev–Trinajstić information content (AvgIpc) is 3.49. The van der Waals surface area contributed by atoms with Crippen LogP contribution in [0.4, 0.5) is 4.39 Å². The minimum absolute atomic E-state index is 0.0511. The summed E-state index contributed by atoms with van der Waals surface area (Å²) in [5, 5.41) is 0. The fourth-order valence-corrected chi connectivity index (χ4v) is 5.53. The number of hydrogen-bond donors (Lipinski definition) is 0. The number of rotatable bonds is 5. The lowest BCUT2D eigenvalue weighted by molar-refractivity contribution is 0.300. The van der Waals surface area contributed by atoms with Crippen LogP contribution in [0.1, 0.15) is 22.5 Å². The maximum Gasteiger partial charge on any atom is 0.274 e. The van der Waals surface area contributed by atoms with Gasteiger partial charge in [0.25, 0.3) is 5.56 Å². The molecule has 178 valence electrons. The highest BCUT2D eigenvalue weighted by Gasteiger charge is 2.13. The molecule has 0 atom stereocenters. The van der Waals surface area contributed by atoms with Gasteiger partial charge in [-0.2, -0.15) is 0 Å². The van der Waals surface area contributed by atoms with Crippen LogP contribution in [0, 0.1) is 19.7 Å². The molecule has 0 bridgehead atoms. The van der Waals surface area contributed by atoms with Crippen LogP contribution in [-0.2, 0) is 6.61 Å². The second-order valence-corrected chi connectivity index (χ2v) is 9.68. The molecule has 7 heteroatoms. The van der Waals surface area contributed by atoms with Crippen molar-refractivity contribution in [3.05, 3.63) is 122 Å². The van der Waals surface area contributed by atoms with E-state index in [2.05, 4.69) is 15.6 Å². The maximum atomic E-state index is 13.9. The molecule has 0 saturated heterocycles. The molecular weight excluding hydrogens is 473 g/mol. The number of aryl methyl sites for hydroxylation is 1. The normalized spacial score (nSPS) is 12.1. The number of fused-ring (bicyclic) bond motifs is 3. The van der Waals surface area contributed by atoms with Crippen molar-refractivity contribution in [2.75, 3.05) is 0 Å². The van der Waals surface area contributed by atoms with Gasteiger partial charge < -0.3 is 9.30 Å². The molecule has 6 aromatic rings. The van der Waals surface area contributed by atoms with Crippen molar-refractivity contribution in [2.45, 2.75) is 20.5 Å². The minimum Gasteiger partial charge on any atom is -0.489 e. The third kappa shape index (κ3) is 3.78. The van der Waals surface area contributed by atoms with E-state index in [1.807, 2.05) is 68.5 Å². The molecule has 36 heavy (non-hydrogen) atoms. The third-order valence-corrected chi connectivity index (χ3v) is 7.32. The Morgan fingerprint density at radius 2 is 1.75 bits per heavy atom. The fraction of sp³-hybridized carbons (Fsp3) is 0.103. The number of nitrogens with zero attached hydrogens (tertiary/aromatic N) is 3.